The molecule has 0 spiro atoms. The Hall–Kier alpha value is -1.82. The van der Waals surface area contributed by atoms with Gasteiger partial charge in [-0.1, -0.05) is 79.7 Å². The van der Waals surface area contributed by atoms with Crippen LogP contribution in [0.2, 0.25) is 0 Å². The summed E-state index contributed by atoms with van der Waals surface area (Å²) in [7, 11) is 0. The van der Waals surface area contributed by atoms with Gasteiger partial charge in [-0.15, -0.1) is 0 Å². The average molecular weight is 222 g/mol. The first-order valence-corrected chi connectivity index (χ1v) is 6.04. The van der Waals surface area contributed by atoms with Crippen LogP contribution < -0.4 is 0 Å². The second-order valence-corrected chi connectivity index (χ2v) is 4.45. The van der Waals surface area contributed by atoms with Crippen molar-refractivity contribution in [3.05, 3.63) is 83.9 Å². The molecule has 1 unspecified atom stereocenters. The molecule has 2 aromatic rings. The fraction of sp³-hybridized carbons (Fsp3) is 0.176. The molecule has 0 aromatic heterocycles. The summed E-state index contributed by atoms with van der Waals surface area (Å²) in [5.41, 5.74) is 3.94. The van der Waals surface area contributed by atoms with Crippen molar-refractivity contribution in [2.75, 3.05) is 0 Å². The van der Waals surface area contributed by atoms with Gasteiger partial charge in [-0.3, -0.25) is 0 Å². The summed E-state index contributed by atoms with van der Waals surface area (Å²) in [5, 5.41) is 0. The predicted molar refractivity (Wildman–Crippen MR) is 74.1 cm³/mol. The van der Waals surface area contributed by atoms with Crippen molar-refractivity contribution < 1.29 is 0 Å². The van der Waals surface area contributed by atoms with E-state index in [4.69, 9.17) is 0 Å². The fourth-order valence-electron chi connectivity index (χ4n) is 1.99. The highest BCUT2D eigenvalue weighted by Gasteiger charge is 2.09. The number of allylic oxidation sites excluding steroid dienone is 1. The van der Waals surface area contributed by atoms with Crippen molar-refractivity contribution in [1.29, 1.82) is 0 Å². The second-order valence-electron chi connectivity index (χ2n) is 4.45. The van der Waals surface area contributed by atoms with Gasteiger partial charge in [0.1, 0.15) is 0 Å². The van der Waals surface area contributed by atoms with E-state index in [1.54, 1.807) is 0 Å². The van der Waals surface area contributed by atoms with Crippen LogP contribution in [0, 0.1) is 0 Å². The molecular weight excluding hydrogens is 204 g/mol. The Labute approximate surface area is 104 Å². The molecule has 17 heavy (non-hydrogen) atoms. The molecule has 2 aromatic carbocycles. The van der Waals surface area contributed by atoms with Crippen LogP contribution in [0.5, 0.6) is 0 Å². The van der Waals surface area contributed by atoms with Gasteiger partial charge in [-0.05, 0) is 17.5 Å². The normalized spacial score (nSPS) is 12.1. The SMILES string of the molecule is C=C(Cc1ccccc1)C(C)c1ccccc1. The van der Waals surface area contributed by atoms with Gasteiger partial charge in [0.05, 0.1) is 0 Å². The van der Waals surface area contributed by atoms with E-state index >= 15 is 0 Å². The highest BCUT2D eigenvalue weighted by Crippen LogP contribution is 2.24. The Morgan fingerprint density at radius 1 is 0.941 bits per heavy atom. The molecule has 86 valence electrons. The fourth-order valence-corrected chi connectivity index (χ4v) is 1.99. The quantitative estimate of drug-likeness (QED) is 0.664. The smallest absolute Gasteiger partial charge is 0.00204 e. The van der Waals surface area contributed by atoms with E-state index in [0.29, 0.717) is 5.92 Å². The second kappa shape index (κ2) is 5.49. The molecule has 0 aliphatic heterocycles. The summed E-state index contributed by atoms with van der Waals surface area (Å²) in [6, 6.07) is 21.1. The monoisotopic (exact) mass is 222 g/mol. The Kier molecular flexibility index (Phi) is 3.77. The Bertz CT molecular complexity index is 468. The molecule has 0 saturated heterocycles. The van der Waals surface area contributed by atoms with Crippen LogP contribution in [0.4, 0.5) is 0 Å². The maximum Gasteiger partial charge on any atom is 0.00204 e. The molecule has 0 aliphatic rings. The zero-order valence-electron chi connectivity index (χ0n) is 10.3. The summed E-state index contributed by atoms with van der Waals surface area (Å²) < 4.78 is 0. The van der Waals surface area contributed by atoms with Crippen molar-refractivity contribution in [3.8, 4) is 0 Å². The van der Waals surface area contributed by atoms with Gasteiger partial charge in [0.15, 0.2) is 0 Å². The van der Waals surface area contributed by atoms with Gasteiger partial charge < -0.3 is 0 Å². The van der Waals surface area contributed by atoms with Crippen LogP contribution in [0.3, 0.4) is 0 Å². The first kappa shape index (κ1) is 11.7. The van der Waals surface area contributed by atoms with E-state index in [9.17, 15) is 0 Å². The molecule has 0 heteroatoms. The van der Waals surface area contributed by atoms with E-state index in [2.05, 4.69) is 68.1 Å². The van der Waals surface area contributed by atoms with Crippen molar-refractivity contribution in [3.63, 3.8) is 0 Å². The van der Waals surface area contributed by atoms with E-state index in [1.807, 2.05) is 6.07 Å². The third-order valence-electron chi connectivity index (χ3n) is 3.19. The Balaban J connectivity index is 2.06. The highest BCUT2D eigenvalue weighted by atomic mass is 14.1. The highest BCUT2D eigenvalue weighted by molar-refractivity contribution is 5.30. The minimum absolute atomic E-state index is 0.413. The van der Waals surface area contributed by atoms with E-state index in [1.165, 1.54) is 16.7 Å². The summed E-state index contributed by atoms with van der Waals surface area (Å²) in [5.74, 6) is 0.413. The van der Waals surface area contributed by atoms with Crippen LogP contribution in [0.1, 0.15) is 24.0 Å². The lowest BCUT2D eigenvalue weighted by Crippen LogP contribution is -2.00. The maximum atomic E-state index is 4.23. The summed E-state index contributed by atoms with van der Waals surface area (Å²) >= 11 is 0. The van der Waals surface area contributed by atoms with Crippen LogP contribution in [-0.2, 0) is 6.42 Å². The summed E-state index contributed by atoms with van der Waals surface area (Å²) in [6.07, 6.45) is 0.955. The van der Waals surface area contributed by atoms with Crippen LogP contribution in [0.15, 0.2) is 72.8 Å². The summed E-state index contributed by atoms with van der Waals surface area (Å²) in [4.78, 5) is 0. The molecule has 2 rings (SSSR count). The first-order chi connectivity index (χ1) is 8.27. The lowest BCUT2D eigenvalue weighted by atomic mass is 9.90. The molecule has 0 radical (unpaired) electrons. The minimum atomic E-state index is 0.413. The van der Waals surface area contributed by atoms with Crippen LogP contribution in [-0.4, -0.2) is 0 Å². The first-order valence-electron chi connectivity index (χ1n) is 6.04. The number of hydrogen-bond acceptors (Lipinski definition) is 0. The summed E-state index contributed by atoms with van der Waals surface area (Å²) in [6.45, 7) is 6.45. The molecule has 0 nitrogen and oxygen atoms in total. The standard InChI is InChI=1S/C17H18/c1-14(13-16-9-5-3-6-10-16)15(2)17-11-7-4-8-12-17/h3-12,15H,1,13H2,2H3. The van der Waals surface area contributed by atoms with E-state index in [0.717, 1.165) is 6.42 Å². The van der Waals surface area contributed by atoms with Crippen LogP contribution >= 0.6 is 0 Å². The van der Waals surface area contributed by atoms with Gasteiger partial charge in [0.2, 0.25) is 0 Å². The number of rotatable bonds is 4. The van der Waals surface area contributed by atoms with Crippen molar-refractivity contribution in [1.82, 2.24) is 0 Å². The topological polar surface area (TPSA) is 0 Å². The van der Waals surface area contributed by atoms with Gasteiger partial charge in [-0.25, -0.2) is 0 Å². The Morgan fingerprint density at radius 3 is 2.06 bits per heavy atom. The molecule has 0 fully saturated rings. The van der Waals surface area contributed by atoms with Crippen molar-refractivity contribution in [2.45, 2.75) is 19.3 Å². The molecule has 0 heterocycles. The molecule has 0 saturated carbocycles. The third kappa shape index (κ3) is 3.07. The molecule has 0 aliphatic carbocycles. The zero-order valence-corrected chi connectivity index (χ0v) is 10.3. The largest absolute Gasteiger partial charge is 0.0989 e. The minimum Gasteiger partial charge on any atom is -0.0989 e. The zero-order chi connectivity index (χ0) is 12.1. The predicted octanol–water partition coefficient (Wildman–Crippen LogP) is 4.59. The molecular formula is C17H18. The molecule has 1 atom stereocenters. The Morgan fingerprint density at radius 2 is 1.47 bits per heavy atom. The molecule has 0 bridgehead atoms. The molecule has 0 N–H and O–H groups in total. The van der Waals surface area contributed by atoms with Gasteiger partial charge in [0, 0.05) is 5.92 Å². The maximum absolute atomic E-state index is 4.23. The van der Waals surface area contributed by atoms with Gasteiger partial charge >= 0.3 is 0 Å². The lowest BCUT2D eigenvalue weighted by molar-refractivity contribution is 0.857. The van der Waals surface area contributed by atoms with E-state index < -0.39 is 0 Å². The van der Waals surface area contributed by atoms with Crippen molar-refractivity contribution >= 4 is 0 Å². The van der Waals surface area contributed by atoms with Gasteiger partial charge in [0.25, 0.3) is 0 Å². The van der Waals surface area contributed by atoms with Crippen LogP contribution in [0.25, 0.3) is 0 Å². The lowest BCUT2D eigenvalue weighted by Gasteiger charge is -2.15. The molecule has 0 amide bonds. The van der Waals surface area contributed by atoms with Crippen molar-refractivity contribution in [2.24, 2.45) is 0 Å². The van der Waals surface area contributed by atoms with Gasteiger partial charge in [-0.2, -0.15) is 0 Å². The number of hydrogen-bond donors (Lipinski definition) is 0. The average Bonchev–Trinajstić information content (AvgIpc) is 2.40. The third-order valence-corrected chi connectivity index (χ3v) is 3.19. The number of benzene rings is 2. The van der Waals surface area contributed by atoms with E-state index in [-0.39, 0.29) is 0 Å².